The molecule has 0 atom stereocenters. The van der Waals surface area contributed by atoms with Crippen LogP contribution < -0.4 is 0 Å². The molecule has 1 fully saturated rings. The van der Waals surface area contributed by atoms with Gasteiger partial charge in [0.1, 0.15) is 0 Å². The zero-order valence-corrected chi connectivity index (χ0v) is 13.8. The highest BCUT2D eigenvalue weighted by Crippen LogP contribution is 2.29. The van der Waals surface area contributed by atoms with E-state index in [1.807, 2.05) is 33.8 Å². The molecule has 0 saturated carbocycles. The van der Waals surface area contributed by atoms with E-state index in [1.54, 1.807) is 4.90 Å². The van der Waals surface area contributed by atoms with E-state index in [0.717, 1.165) is 28.7 Å². The first-order valence-corrected chi connectivity index (χ1v) is 8.50. The normalized spacial score (nSPS) is 17.0. The summed E-state index contributed by atoms with van der Waals surface area (Å²) in [5.74, 6) is 0. The third-order valence-electron chi connectivity index (χ3n) is 4.32. The minimum Gasteiger partial charge on any atom is -0.343 e. The predicted molar refractivity (Wildman–Crippen MR) is 81.8 cm³/mol. The molecule has 1 amide bonds. The number of benzene rings is 1. The summed E-state index contributed by atoms with van der Waals surface area (Å²) in [7, 11) is -3.51. The van der Waals surface area contributed by atoms with Crippen molar-refractivity contribution < 1.29 is 13.2 Å². The number of sulfonamides is 1. The lowest BCUT2D eigenvalue weighted by molar-refractivity contribution is -0.119. The Balaban J connectivity index is 2.44. The van der Waals surface area contributed by atoms with Crippen molar-refractivity contribution in [1.82, 2.24) is 9.21 Å². The van der Waals surface area contributed by atoms with Crippen molar-refractivity contribution in [2.45, 2.75) is 32.6 Å². The van der Waals surface area contributed by atoms with Crippen LogP contribution in [0.3, 0.4) is 0 Å². The van der Waals surface area contributed by atoms with Crippen molar-refractivity contribution in [3.05, 3.63) is 28.3 Å². The molecule has 1 aliphatic heterocycles. The molecule has 1 aromatic carbocycles. The van der Waals surface area contributed by atoms with Gasteiger partial charge in [0, 0.05) is 26.2 Å². The van der Waals surface area contributed by atoms with Gasteiger partial charge in [-0.1, -0.05) is 6.07 Å². The Morgan fingerprint density at radius 1 is 0.952 bits per heavy atom. The number of hydrogen-bond donors (Lipinski definition) is 0. The second-order valence-corrected chi connectivity index (χ2v) is 7.51. The topological polar surface area (TPSA) is 57.7 Å². The first-order valence-electron chi connectivity index (χ1n) is 7.06. The molecule has 0 unspecified atom stereocenters. The Labute approximate surface area is 126 Å². The highest BCUT2D eigenvalue weighted by atomic mass is 32.2. The molecule has 0 aromatic heterocycles. The van der Waals surface area contributed by atoms with E-state index in [9.17, 15) is 13.2 Å². The second-order valence-electron chi connectivity index (χ2n) is 5.63. The zero-order valence-electron chi connectivity index (χ0n) is 13.0. The average molecular weight is 310 g/mol. The predicted octanol–water partition coefficient (Wildman–Crippen LogP) is 1.38. The molecular weight excluding hydrogens is 288 g/mol. The molecule has 0 N–H and O–H groups in total. The highest BCUT2D eigenvalue weighted by molar-refractivity contribution is 7.89. The van der Waals surface area contributed by atoms with Crippen LogP contribution in [0.2, 0.25) is 0 Å². The first kappa shape index (κ1) is 16.0. The third kappa shape index (κ3) is 2.82. The maximum atomic E-state index is 12.9. The Bertz CT molecular complexity index is 634. The summed E-state index contributed by atoms with van der Waals surface area (Å²) in [5.41, 5.74) is 3.61. The van der Waals surface area contributed by atoms with Crippen LogP contribution in [-0.4, -0.2) is 50.2 Å². The molecule has 0 aliphatic carbocycles. The molecule has 6 heteroatoms. The Hall–Kier alpha value is -1.40. The van der Waals surface area contributed by atoms with E-state index in [4.69, 9.17) is 0 Å². The number of rotatable bonds is 3. The van der Waals surface area contributed by atoms with Crippen LogP contribution in [0.4, 0.5) is 0 Å². The van der Waals surface area contributed by atoms with Crippen LogP contribution >= 0.6 is 0 Å². The molecule has 0 bridgehead atoms. The standard InChI is InChI=1S/C15H22N2O3S/c1-11-9-12(2)14(4)15(13(11)3)21(19,20)17-7-5-16(10-18)6-8-17/h9-10H,5-8H2,1-4H3. The molecule has 1 saturated heterocycles. The Morgan fingerprint density at radius 2 is 1.43 bits per heavy atom. The minimum atomic E-state index is -3.51. The number of hydrogen-bond acceptors (Lipinski definition) is 3. The highest BCUT2D eigenvalue weighted by Gasteiger charge is 2.31. The van der Waals surface area contributed by atoms with Crippen molar-refractivity contribution >= 4 is 16.4 Å². The molecule has 1 aromatic rings. The first-order chi connectivity index (χ1) is 9.78. The fourth-order valence-corrected chi connectivity index (χ4v) is 4.74. The van der Waals surface area contributed by atoms with Crippen molar-refractivity contribution in [1.29, 1.82) is 0 Å². The summed E-state index contributed by atoms with van der Waals surface area (Å²) in [4.78, 5) is 12.8. The summed E-state index contributed by atoms with van der Waals surface area (Å²) < 4.78 is 27.4. The number of piperazine rings is 1. The number of amides is 1. The Kier molecular flexibility index (Phi) is 4.39. The monoisotopic (exact) mass is 310 g/mol. The van der Waals surface area contributed by atoms with Crippen LogP contribution in [-0.2, 0) is 14.8 Å². The maximum Gasteiger partial charge on any atom is 0.243 e. The largest absolute Gasteiger partial charge is 0.343 e. The number of carbonyl (C=O) groups is 1. The van der Waals surface area contributed by atoms with Gasteiger partial charge in [0.05, 0.1) is 4.90 Å². The summed E-state index contributed by atoms with van der Waals surface area (Å²) in [6, 6.07) is 2.02. The van der Waals surface area contributed by atoms with Crippen LogP contribution in [0.25, 0.3) is 0 Å². The van der Waals surface area contributed by atoms with Crippen LogP contribution in [0.5, 0.6) is 0 Å². The van der Waals surface area contributed by atoms with E-state index in [1.165, 1.54) is 4.31 Å². The lowest BCUT2D eigenvalue weighted by Gasteiger charge is -2.32. The van der Waals surface area contributed by atoms with Crippen molar-refractivity contribution in [3.8, 4) is 0 Å². The van der Waals surface area contributed by atoms with Crippen LogP contribution in [0.15, 0.2) is 11.0 Å². The number of nitrogens with zero attached hydrogens (tertiary/aromatic N) is 2. The SMILES string of the molecule is Cc1cc(C)c(C)c(S(=O)(=O)N2CCN(C=O)CC2)c1C. The number of aryl methyl sites for hydroxylation is 2. The molecule has 21 heavy (non-hydrogen) atoms. The minimum absolute atomic E-state index is 0.354. The van der Waals surface area contributed by atoms with E-state index >= 15 is 0 Å². The Morgan fingerprint density at radius 3 is 1.86 bits per heavy atom. The van der Waals surface area contributed by atoms with Gasteiger partial charge in [0.15, 0.2) is 0 Å². The van der Waals surface area contributed by atoms with E-state index < -0.39 is 10.0 Å². The van der Waals surface area contributed by atoms with Gasteiger partial charge in [-0.25, -0.2) is 8.42 Å². The number of carbonyl (C=O) groups excluding carboxylic acids is 1. The van der Waals surface area contributed by atoms with Gasteiger partial charge in [0.25, 0.3) is 0 Å². The van der Waals surface area contributed by atoms with E-state index in [0.29, 0.717) is 31.1 Å². The average Bonchev–Trinajstić information content (AvgIpc) is 2.45. The second kappa shape index (κ2) is 5.77. The molecular formula is C15H22N2O3S. The lowest BCUT2D eigenvalue weighted by atomic mass is 10.0. The van der Waals surface area contributed by atoms with Crippen LogP contribution in [0, 0.1) is 27.7 Å². The van der Waals surface area contributed by atoms with Crippen LogP contribution in [0.1, 0.15) is 22.3 Å². The quantitative estimate of drug-likeness (QED) is 0.793. The summed E-state index contributed by atoms with van der Waals surface area (Å²) in [6.07, 6.45) is 0.775. The van der Waals surface area contributed by atoms with Gasteiger partial charge in [-0.05, 0) is 49.9 Å². The molecule has 0 spiro atoms. The third-order valence-corrected chi connectivity index (χ3v) is 6.49. The summed E-state index contributed by atoms with van der Waals surface area (Å²) >= 11 is 0. The molecule has 116 valence electrons. The van der Waals surface area contributed by atoms with Gasteiger partial charge in [-0.3, -0.25) is 4.79 Å². The van der Waals surface area contributed by atoms with Gasteiger partial charge in [0.2, 0.25) is 16.4 Å². The molecule has 1 aliphatic rings. The van der Waals surface area contributed by atoms with Gasteiger partial charge >= 0.3 is 0 Å². The molecule has 5 nitrogen and oxygen atoms in total. The zero-order chi connectivity index (χ0) is 15.8. The molecule has 0 radical (unpaired) electrons. The fourth-order valence-electron chi connectivity index (χ4n) is 2.75. The summed E-state index contributed by atoms with van der Waals surface area (Å²) in [6.45, 7) is 9.19. The lowest BCUT2D eigenvalue weighted by Crippen LogP contribution is -2.48. The van der Waals surface area contributed by atoms with Gasteiger partial charge in [-0.15, -0.1) is 0 Å². The molecule has 1 heterocycles. The van der Waals surface area contributed by atoms with Gasteiger partial charge < -0.3 is 4.90 Å². The van der Waals surface area contributed by atoms with Gasteiger partial charge in [-0.2, -0.15) is 4.31 Å². The van der Waals surface area contributed by atoms with E-state index in [2.05, 4.69) is 0 Å². The van der Waals surface area contributed by atoms with Crippen molar-refractivity contribution in [3.63, 3.8) is 0 Å². The molecule has 2 rings (SSSR count). The van der Waals surface area contributed by atoms with Crippen molar-refractivity contribution in [2.75, 3.05) is 26.2 Å². The van der Waals surface area contributed by atoms with Crippen molar-refractivity contribution in [2.24, 2.45) is 0 Å². The summed E-state index contributed by atoms with van der Waals surface area (Å²) in [5, 5.41) is 0. The van der Waals surface area contributed by atoms with E-state index in [-0.39, 0.29) is 0 Å². The maximum absolute atomic E-state index is 12.9. The fraction of sp³-hybridized carbons (Fsp3) is 0.533. The smallest absolute Gasteiger partial charge is 0.243 e.